The minimum absolute atomic E-state index is 0.0429. The highest BCUT2D eigenvalue weighted by molar-refractivity contribution is 6.32. The van der Waals surface area contributed by atoms with Crippen LogP contribution in [0.2, 0.25) is 5.02 Å². The highest BCUT2D eigenvalue weighted by atomic mass is 35.5. The van der Waals surface area contributed by atoms with Gasteiger partial charge < -0.3 is 15.8 Å². The minimum atomic E-state index is -0.571. The summed E-state index contributed by atoms with van der Waals surface area (Å²) in [5, 5.41) is 4.30. The molecular formula is C22H22ClN3O3. The molecule has 0 unspecified atom stereocenters. The number of halogens is 1. The number of hydrogen-bond acceptors (Lipinski definition) is 4. The number of anilines is 1. The van der Waals surface area contributed by atoms with E-state index < -0.39 is 5.91 Å². The average molecular weight is 412 g/mol. The van der Waals surface area contributed by atoms with Crippen LogP contribution in [-0.2, 0) is 9.59 Å². The smallest absolute Gasteiger partial charge is 0.255 e. The molecule has 150 valence electrons. The Balaban J connectivity index is 2.01. The van der Waals surface area contributed by atoms with Gasteiger partial charge in [-0.25, -0.2) is 4.98 Å². The highest BCUT2D eigenvalue weighted by Crippen LogP contribution is 2.32. The molecule has 3 N–H and O–H groups in total. The number of amides is 2. The van der Waals surface area contributed by atoms with Crippen LogP contribution in [0.1, 0.15) is 24.5 Å². The van der Waals surface area contributed by atoms with E-state index in [0.717, 1.165) is 39.0 Å². The quantitative estimate of drug-likeness (QED) is 0.629. The first-order valence-electron chi connectivity index (χ1n) is 9.21. The van der Waals surface area contributed by atoms with Crippen LogP contribution in [-0.4, -0.2) is 23.4 Å². The van der Waals surface area contributed by atoms with Crippen molar-refractivity contribution in [1.29, 1.82) is 0 Å². The number of nitrogens with two attached hydrogens (primary N) is 1. The van der Waals surface area contributed by atoms with Gasteiger partial charge in [-0.05, 0) is 61.4 Å². The molecule has 0 spiro atoms. The Morgan fingerprint density at radius 1 is 1.14 bits per heavy atom. The van der Waals surface area contributed by atoms with Gasteiger partial charge in [0, 0.05) is 23.1 Å². The Morgan fingerprint density at radius 3 is 2.55 bits per heavy atom. The van der Waals surface area contributed by atoms with Crippen molar-refractivity contribution in [3.63, 3.8) is 0 Å². The van der Waals surface area contributed by atoms with E-state index >= 15 is 0 Å². The first-order chi connectivity index (χ1) is 13.8. The van der Waals surface area contributed by atoms with Crippen LogP contribution in [0.25, 0.3) is 22.2 Å². The summed E-state index contributed by atoms with van der Waals surface area (Å²) >= 11 is 6.29. The van der Waals surface area contributed by atoms with E-state index in [9.17, 15) is 9.59 Å². The molecule has 0 radical (unpaired) electrons. The van der Waals surface area contributed by atoms with Crippen LogP contribution in [0.4, 0.5) is 5.69 Å². The Kier molecular flexibility index (Phi) is 6.03. The predicted molar refractivity (Wildman–Crippen MR) is 115 cm³/mol. The number of pyridine rings is 1. The lowest BCUT2D eigenvalue weighted by Gasteiger charge is -2.13. The van der Waals surface area contributed by atoms with E-state index in [1.165, 1.54) is 0 Å². The number of hydrogen-bond donors (Lipinski definition) is 2. The van der Waals surface area contributed by atoms with Crippen molar-refractivity contribution in [3.8, 4) is 17.0 Å². The summed E-state index contributed by atoms with van der Waals surface area (Å²) in [6.07, 6.45) is 0.409. The number of primary amides is 1. The lowest BCUT2D eigenvalue weighted by molar-refractivity contribution is -0.120. The molecule has 0 saturated heterocycles. The van der Waals surface area contributed by atoms with E-state index in [1.807, 2.05) is 45.0 Å². The Labute approximate surface area is 174 Å². The van der Waals surface area contributed by atoms with Crippen molar-refractivity contribution in [3.05, 3.63) is 52.5 Å². The normalized spacial score (nSPS) is 10.8. The molecule has 0 atom stereocenters. The monoisotopic (exact) mass is 411 g/mol. The highest BCUT2D eigenvalue weighted by Gasteiger charge is 2.12. The van der Waals surface area contributed by atoms with Crippen LogP contribution in [0, 0.1) is 13.8 Å². The van der Waals surface area contributed by atoms with Crippen LogP contribution in [0.15, 0.2) is 36.4 Å². The number of aryl methyl sites for hydroxylation is 2. The fourth-order valence-electron chi connectivity index (χ4n) is 3.00. The molecule has 0 aliphatic heterocycles. The maximum atomic E-state index is 11.8. The zero-order valence-electron chi connectivity index (χ0n) is 16.5. The molecule has 7 heteroatoms. The van der Waals surface area contributed by atoms with Gasteiger partial charge in [0.05, 0.1) is 16.2 Å². The molecule has 2 aromatic carbocycles. The number of ether oxygens (including phenoxy) is 1. The number of carbonyl (C=O) groups is 2. The van der Waals surface area contributed by atoms with Crippen molar-refractivity contribution in [2.24, 2.45) is 5.73 Å². The molecule has 0 aliphatic carbocycles. The standard InChI is InChI=1S/C22H22ClN3O3/c1-4-22(28)26-17-10-19-15(7-13(17)3)12(2)8-18(25-19)14-5-6-20(16(23)9-14)29-11-21(24)27/h5-10H,4,11H2,1-3H3,(H2,24,27)(H,26,28). The molecule has 6 nitrogen and oxygen atoms in total. The van der Waals surface area contributed by atoms with Crippen LogP contribution < -0.4 is 15.8 Å². The van der Waals surface area contributed by atoms with Crippen LogP contribution in [0.3, 0.4) is 0 Å². The maximum absolute atomic E-state index is 11.8. The average Bonchev–Trinajstić information content (AvgIpc) is 2.67. The Morgan fingerprint density at radius 2 is 1.90 bits per heavy atom. The predicted octanol–water partition coefficient (Wildman–Crippen LogP) is 4.38. The first kappa shape index (κ1) is 20.6. The van der Waals surface area contributed by atoms with Crippen molar-refractivity contribution < 1.29 is 14.3 Å². The molecule has 0 fully saturated rings. The Hall–Kier alpha value is -3.12. The molecule has 29 heavy (non-hydrogen) atoms. The van der Waals surface area contributed by atoms with Gasteiger partial charge in [0.25, 0.3) is 5.91 Å². The fraction of sp³-hybridized carbons (Fsp3) is 0.227. The van der Waals surface area contributed by atoms with Gasteiger partial charge in [0.15, 0.2) is 6.61 Å². The van der Waals surface area contributed by atoms with Crippen molar-refractivity contribution in [2.45, 2.75) is 27.2 Å². The summed E-state index contributed by atoms with van der Waals surface area (Å²) in [6.45, 7) is 5.55. The van der Waals surface area contributed by atoms with Gasteiger partial charge in [-0.15, -0.1) is 0 Å². The summed E-state index contributed by atoms with van der Waals surface area (Å²) in [6, 6.07) is 11.1. The van der Waals surface area contributed by atoms with Crippen LogP contribution in [0.5, 0.6) is 5.75 Å². The molecule has 0 aliphatic rings. The summed E-state index contributed by atoms with van der Waals surface area (Å²) in [7, 11) is 0. The van der Waals surface area contributed by atoms with Crippen molar-refractivity contribution >= 4 is 40.0 Å². The zero-order valence-corrected chi connectivity index (χ0v) is 17.3. The van der Waals surface area contributed by atoms with Gasteiger partial charge in [0.2, 0.25) is 5.91 Å². The number of nitrogens with zero attached hydrogens (tertiary/aromatic N) is 1. The second-order valence-corrected chi connectivity index (χ2v) is 7.22. The molecule has 3 aromatic rings. The fourth-order valence-corrected chi connectivity index (χ4v) is 3.23. The lowest BCUT2D eigenvalue weighted by Crippen LogP contribution is -2.20. The van der Waals surface area contributed by atoms with Gasteiger partial charge in [-0.3, -0.25) is 9.59 Å². The third kappa shape index (κ3) is 4.66. The third-order valence-electron chi connectivity index (χ3n) is 4.55. The molecule has 3 rings (SSSR count). The topological polar surface area (TPSA) is 94.3 Å². The molecular weight excluding hydrogens is 390 g/mol. The van der Waals surface area contributed by atoms with Crippen molar-refractivity contribution in [2.75, 3.05) is 11.9 Å². The second-order valence-electron chi connectivity index (χ2n) is 6.81. The molecule has 1 aromatic heterocycles. The van der Waals surface area contributed by atoms with E-state index in [1.54, 1.807) is 12.1 Å². The van der Waals surface area contributed by atoms with Gasteiger partial charge >= 0.3 is 0 Å². The van der Waals surface area contributed by atoms with E-state index in [0.29, 0.717) is 17.2 Å². The number of nitrogens with one attached hydrogen (secondary N) is 1. The molecule has 2 amide bonds. The third-order valence-corrected chi connectivity index (χ3v) is 4.85. The second kappa shape index (κ2) is 8.49. The summed E-state index contributed by atoms with van der Waals surface area (Å²) in [5.74, 6) is -0.233. The van der Waals surface area contributed by atoms with Crippen molar-refractivity contribution in [1.82, 2.24) is 4.98 Å². The van der Waals surface area contributed by atoms with Crippen LogP contribution >= 0.6 is 11.6 Å². The molecule has 0 saturated carbocycles. The summed E-state index contributed by atoms with van der Waals surface area (Å²) < 4.78 is 5.29. The number of rotatable bonds is 6. The van der Waals surface area contributed by atoms with Gasteiger partial charge in [-0.2, -0.15) is 0 Å². The molecule has 0 bridgehead atoms. The SMILES string of the molecule is CCC(=O)Nc1cc2nc(-c3ccc(OCC(N)=O)c(Cl)c3)cc(C)c2cc1C. The zero-order chi connectivity index (χ0) is 21.1. The number of fused-ring (bicyclic) bond motifs is 1. The number of carbonyl (C=O) groups excluding carboxylic acids is 2. The number of benzene rings is 2. The van der Waals surface area contributed by atoms with Gasteiger partial charge in [-0.1, -0.05) is 18.5 Å². The Bertz CT molecular complexity index is 1110. The summed E-state index contributed by atoms with van der Waals surface area (Å²) in [5.41, 5.74) is 10.2. The maximum Gasteiger partial charge on any atom is 0.255 e. The number of aromatic nitrogens is 1. The first-order valence-corrected chi connectivity index (χ1v) is 9.59. The minimum Gasteiger partial charge on any atom is -0.482 e. The van der Waals surface area contributed by atoms with E-state index in [-0.39, 0.29) is 12.5 Å². The van der Waals surface area contributed by atoms with Gasteiger partial charge in [0.1, 0.15) is 5.75 Å². The van der Waals surface area contributed by atoms with E-state index in [4.69, 9.17) is 27.1 Å². The largest absolute Gasteiger partial charge is 0.482 e. The lowest BCUT2D eigenvalue weighted by atomic mass is 10.0. The molecule has 1 heterocycles. The van der Waals surface area contributed by atoms with E-state index in [2.05, 4.69) is 5.32 Å². The summed E-state index contributed by atoms with van der Waals surface area (Å²) in [4.78, 5) is 27.5.